The molecule has 80 valence electrons. The Balaban J connectivity index is 2.68. The summed E-state index contributed by atoms with van der Waals surface area (Å²) in [6, 6.07) is 6.07. The van der Waals surface area contributed by atoms with E-state index in [2.05, 4.69) is 22.6 Å². The summed E-state index contributed by atoms with van der Waals surface area (Å²) in [5.74, 6) is 0.816. The molecule has 1 aromatic heterocycles. The van der Waals surface area contributed by atoms with Crippen molar-refractivity contribution < 1.29 is 9.15 Å². The SMILES string of the molecule is COCc1c(CN)oc2c(I)cccc12. The molecule has 2 N–H and O–H groups in total. The van der Waals surface area contributed by atoms with Gasteiger partial charge < -0.3 is 14.9 Å². The van der Waals surface area contributed by atoms with Gasteiger partial charge in [-0.05, 0) is 28.7 Å². The van der Waals surface area contributed by atoms with Gasteiger partial charge in [0.15, 0.2) is 0 Å². The van der Waals surface area contributed by atoms with E-state index in [0.29, 0.717) is 13.2 Å². The fourth-order valence-electron chi connectivity index (χ4n) is 1.65. The number of rotatable bonds is 3. The Morgan fingerprint density at radius 2 is 2.27 bits per heavy atom. The molecule has 0 bridgehead atoms. The number of hydrogen-bond donors (Lipinski definition) is 1. The zero-order valence-electron chi connectivity index (χ0n) is 8.42. The van der Waals surface area contributed by atoms with E-state index in [4.69, 9.17) is 14.9 Å². The van der Waals surface area contributed by atoms with Crippen LogP contribution < -0.4 is 5.73 Å². The fourth-order valence-corrected chi connectivity index (χ4v) is 2.26. The number of nitrogens with two attached hydrogens (primary N) is 1. The summed E-state index contributed by atoms with van der Waals surface area (Å²) in [6.45, 7) is 0.947. The highest BCUT2D eigenvalue weighted by Crippen LogP contribution is 2.29. The Bertz CT molecular complexity index is 479. The first-order valence-corrected chi connectivity index (χ1v) is 5.73. The normalized spacial score (nSPS) is 11.1. The number of fused-ring (bicyclic) bond motifs is 1. The lowest BCUT2D eigenvalue weighted by Gasteiger charge is -1.98. The van der Waals surface area contributed by atoms with Crippen molar-refractivity contribution in [3.05, 3.63) is 33.1 Å². The fraction of sp³-hybridized carbons (Fsp3) is 0.273. The molecule has 2 aromatic rings. The molecule has 15 heavy (non-hydrogen) atoms. The highest BCUT2D eigenvalue weighted by molar-refractivity contribution is 14.1. The lowest BCUT2D eigenvalue weighted by Crippen LogP contribution is -1.99. The maximum atomic E-state index is 5.72. The first-order chi connectivity index (χ1) is 7.27. The van der Waals surface area contributed by atoms with Crippen molar-refractivity contribution in [3.63, 3.8) is 0 Å². The van der Waals surface area contributed by atoms with E-state index in [1.54, 1.807) is 7.11 Å². The van der Waals surface area contributed by atoms with Gasteiger partial charge in [-0.3, -0.25) is 0 Å². The van der Waals surface area contributed by atoms with Crippen molar-refractivity contribution in [1.29, 1.82) is 0 Å². The molecule has 0 atom stereocenters. The summed E-state index contributed by atoms with van der Waals surface area (Å²) in [7, 11) is 1.67. The van der Waals surface area contributed by atoms with E-state index in [9.17, 15) is 0 Å². The minimum absolute atomic E-state index is 0.406. The van der Waals surface area contributed by atoms with Crippen molar-refractivity contribution in [3.8, 4) is 0 Å². The number of methoxy groups -OCH3 is 1. The summed E-state index contributed by atoms with van der Waals surface area (Å²) in [5.41, 5.74) is 7.61. The van der Waals surface area contributed by atoms with Crippen molar-refractivity contribution in [2.24, 2.45) is 5.73 Å². The maximum Gasteiger partial charge on any atom is 0.148 e. The molecule has 2 rings (SSSR count). The minimum atomic E-state index is 0.406. The molecule has 0 aliphatic rings. The third-order valence-electron chi connectivity index (χ3n) is 2.33. The van der Waals surface area contributed by atoms with E-state index in [0.717, 1.165) is 25.9 Å². The Hall–Kier alpha value is -0.590. The minimum Gasteiger partial charge on any atom is -0.458 e. The smallest absolute Gasteiger partial charge is 0.148 e. The third-order valence-corrected chi connectivity index (χ3v) is 3.18. The predicted octanol–water partition coefficient (Wildman–Crippen LogP) is 2.64. The third kappa shape index (κ3) is 1.89. The first kappa shape index (κ1) is 10.9. The molecule has 1 heterocycles. The molecule has 0 fully saturated rings. The molecule has 0 unspecified atom stereocenters. The van der Waals surface area contributed by atoms with Crippen LogP contribution >= 0.6 is 22.6 Å². The summed E-state index contributed by atoms with van der Waals surface area (Å²) in [5, 5.41) is 1.10. The molecule has 0 spiro atoms. The van der Waals surface area contributed by atoms with E-state index < -0.39 is 0 Å². The first-order valence-electron chi connectivity index (χ1n) is 4.65. The second-order valence-corrected chi connectivity index (χ2v) is 4.42. The zero-order valence-corrected chi connectivity index (χ0v) is 10.6. The molecular weight excluding hydrogens is 305 g/mol. The van der Waals surface area contributed by atoms with Crippen molar-refractivity contribution in [2.75, 3.05) is 7.11 Å². The molecule has 0 aliphatic carbocycles. The topological polar surface area (TPSA) is 48.4 Å². The van der Waals surface area contributed by atoms with Gasteiger partial charge in [-0.2, -0.15) is 0 Å². The van der Waals surface area contributed by atoms with Gasteiger partial charge in [-0.1, -0.05) is 12.1 Å². The number of halogens is 1. The van der Waals surface area contributed by atoms with Crippen LogP contribution in [-0.2, 0) is 17.9 Å². The molecule has 0 saturated carbocycles. The van der Waals surface area contributed by atoms with Crippen LogP contribution in [0, 0.1) is 3.57 Å². The monoisotopic (exact) mass is 317 g/mol. The molecule has 3 nitrogen and oxygen atoms in total. The van der Waals surface area contributed by atoms with Crippen molar-refractivity contribution in [1.82, 2.24) is 0 Å². The van der Waals surface area contributed by atoms with Crippen LogP contribution in [0.1, 0.15) is 11.3 Å². The van der Waals surface area contributed by atoms with Gasteiger partial charge in [0.25, 0.3) is 0 Å². The Morgan fingerprint density at radius 1 is 1.47 bits per heavy atom. The van der Waals surface area contributed by atoms with E-state index in [1.165, 1.54) is 0 Å². The summed E-state index contributed by atoms with van der Waals surface area (Å²) in [4.78, 5) is 0. The predicted molar refractivity (Wildman–Crippen MR) is 67.5 cm³/mol. The number of ether oxygens (including phenoxy) is 1. The van der Waals surface area contributed by atoms with E-state index in [-0.39, 0.29) is 0 Å². The molecule has 0 aliphatic heterocycles. The average Bonchev–Trinajstić information content (AvgIpc) is 2.59. The van der Waals surface area contributed by atoms with Crippen LogP contribution in [0.15, 0.2) is 22.6 Å². The number of benzene rings is 1. The summed E-state index contributed by atoms with van der Waals surface area (Å²) in [6.07, 6.45) is 0. The van der Waals surface area contributed by atoms with Crippen LogP contribution in [-0.4, -0.2) is 7.11 Å². The number of furan rings is 1. The molecule has 4 heteroatoms. The second-order valence-electron chi connectivity index (χ2n) is 3.26. The maximum absolute atomic E-state index is 5.72. The molecular formula is C11H12INO2. The molecule has 0 amide bonds. The van der Waals surface area contributed by atoms with Crippen LogP contribution in [0.5, 0.6) is 0 Å². The van der Waals surface area contributed by atoms with Crippen LogP contribution in [0.4, 0.5) is 0 Å². The van der Waals surface area contributed by atoms with Crippen molar-refractivity contribution in [2.45, 2.75) is 13.2 Å². The molecule has 1 aromatic carbocycles. The lowest BCUT2D eigenvalue weighted by atomic mass is 10.1. The highest BCUT2D eigenvalue weighted by atomic mass is 127. The number of para-hydroxylation sites is 1. The van der Waals surface area contributed by atoms with Gasteiger partial charge in [0.1, 0.15) is 11.3 Å². The standard InChI is InChI=1S/C11H12INO2/c1-14-6-8-7-3-2-4-9(12)11(7)15-10(8)5-13/h2-4H,5-6,13H2,1H3. The largest absolute Gasteiger partial charge is 0.458 e. The van der Waals surface area contributed by atoms with E-state index >= 15 is 0 Å². The van der Waals surface area contributed by atoms with Gasteiger partial charge in [-0.15, -0.1) is 0 Å². The zero-order chi connectivity index (χ0) is 10.8. The molecule has 0 radical (unpaired) electrons. The van der Waals surface area contributed by atoms with Crippen LogP contribution in [0.2, 0.25) is 0 Å². The lowest BCUT2D eigenvalue weighted by molar-refractivity contribution is 0.184. The van der Waals surface area contributed by atoms with Gasteiger partial charge in [0, 0.05) is 18.1 Å². The number of hydrogen-bond acceptors (Lipinski definition) is 3. The van der Waals surface area contributed by atoms with Gasteiger partial charge in [0.2, 0.25) is 0 Å². The van der Waals surface area contributed by atoms with Crippen molar-refractivity contribution >= 4 is 33.6 Å². The Kier molecular flexibility index (Phi) is 3.28. The summed E-state index contributed by atoms with van der Waals surface area (Å²) < 4.78 is 12.0. The summed E-state index contributed by atoms with van der Waals surface area (Å²) >= 11 is 2.26. The van der Waals surface area contributed by atoms with E-state index in [1.807, 2.05) is 18.2 Å². The van der Waals surface area contributed by atoms with Gasteiger partial charge >= 0.3 is 0 Å². The average molecular weight is 317 g/mol. The van der Waals surface area contributed by atoms with Crippen LogP contribution in [0.25, 0.3) is 11.0 Å². The Labute approximate surface area is 102 Å². The Morgan fingerprint density at radius 3 is 2.93 bits per heavy atom. The molecule has 0 saturated heterocycles. The van der Waals surface area contributed by atoms with Crippen LogP contribution in [0.3, 0.4) is 0 Å². The van der Waals surface area contributed by atoms with Gasteiger partial charge in [-0.25, -0.2) is 0 Å². The second kappa shape index (κ2) is 4.51. The highest BCUT2D eigenvalue weighted by Gasteiger charge is 2.14. The quantitative estimate of drug-likeness (QED) is 0.886. The van der Waals surface area contributed by atoms with Gasteiger partial charge in [0.05, 0.1) is 16.7 Å².